The van der Waals surface area contributed by atoms with E-state index in [4.69, 9.17) is 14.4 Å². The van der Waals surface area contributed by atoms with Crippen molar-refractivity contribution in [3.63, 3.8) is 0 Å². The van der Waals surface area contributed by atoms with Crippen molar-refractivity contribution in [2.75, 3.05) is 6.79 Å². The average molecular weight is 324 g/mol. The van der Waals surface area contributed by atoms with Gasteiger partial charge in [-0.2, -0.15) is 8.42 Å². The summed E-state index contributed by atoms with van der Waals surface area (Å²) in [5.74, 6) is -1.21. The molecule has 0 amide bonds. The van der Waals surface area contributed by atoms with Crippen LogP contribution in [0.15, 0.2) is 48.5 Å². The van der Waals surface area contributed by atoms with Gasteiger partial charge in [0.15, 0.2) is 24.1 Å². The lowest BCUT2D eigenvalue weighted by atomic mass is 10.0. The molecule has 2 rings (SSSR count). The van der Waals surface area contributed by atoms with Gasteiger partial charge in [0.1, 0.15) is 0 Å². The van der Waals surface area contributed by atoms with Gasteiger partial charge < -0.3 is 14.0 Å². The van der Waals surface area contributed by atoms with Crippen molar-refractivity contribution in [1.82, 2.24) is 0 Å². The van der Waals surface area contributed by atoms with Gasteiger partial charge in [-0.05, 0) is 12.1 Å². The summed E-state index contributed by atoms with van der Waals surface area (Å²) in [5, 5.41) is 8.81. The molecule has 0 heterocycles. The number of hydrogen-bond donors (Lipinski definition) is 2. The monoisotopic (exact) mass is 324 g/mol. The summed E-state index contributed by atoms with van der Waals surface area (Å²) in [6, 6.07) is 12.1. The number of aliphatic hydroxyl groups is 1. The number of carbonyl (C=O) groups is 1. The molecule has 0 atom stereocenters. The minimum Gasteiger partial charge on any atom is -0.464 e. The number of carbonyl (C=O) groups excluding carboxylic acids is 1. The molecule has 0 saturated heterocycles. The predicted octanol–water partition coefficient (Wildman–Crippen LogP) is 1.43. The number of rotatable bonds is 6. The normalized spacial score (nSPS) is 11.0. The Morgan fingerprint density at radius 2 is 1.73 bits per heavy atom. The van der Waals surface area contributed by atoms with Gasteiger partial charge in [0, 0.05) is 5.56 Å². The van der Waals surface area contributed by atoms with E-state index in [9.17, 15) is 13.2 Å². The van der Waals surface area contributed by atoms with Crippen molar-refractivity contribution >= 4 is 16.2 Å². The molecular formula is C14H12O7S. The Morgan fingerprint density at radius 3 is 2.32 bits per heavy atom. The van der Waals surface area contributed by atoms with Crippen LogP contribution in [0.5, 0.6) is 11.5 Å². The van der Waals surface area contributed by atoms with Crippen molar-refractivity contribution in [1.29, 1.82) is 0 Å². The first-order valence-corrected chi connectivity index (χ1v) is 7.42. The molecule has 0 aliphatic heterocycles. The largest absolute Gasteiger partial charge is 0.464 e. The molecule has 22 heavy (non-hydrogen) atoms. The molecule has 0 aliphatic carbocycles. The number of aliphatic hydroxyl groups excluding tert-OH is 1. The fraction of sp³-hybridized carbons (Fsp3) is 0.0714. The summed E-state index contributed by atoms with van der Waals surface area (Å²) in [5.41, 5.74) is 0.165. The Morgan fingerprint density at radius 1 is 1.05 bits per heavy atom. The minimum absolute atomic E-state index is 0.130. The fourth-order valence-electron chi connectivity index (χ4n) is 1.81. The molecule has 116 valence electrons. The third kappa shape index (κ3) is 3.82. The zero-order valence-electron chi connectivity index (χ0n) is 11.2. The Balaban J connectivity index is 2.55. The summed E-state index contributed by atoms with van der Waals surface area (Å²) < 4.78 is 40.0. The maximum Gasteiger partial charge on any atom is 0.446 e. The standard InChI is InChI=1S/C14H12O7S/c15-9-20-12-8-4-7-11(14(12)21-22(17,18)19)13(16)10-5-2-1-3-6-10/h1-8,15H,9H2,(H,17,18,19). The van der Waals surface area contributed by atoms with Crippen LogP contribution < -0.4 is 8.92 Å². The van der Waals surface area contributed by atoms with Crippen LogP contribution in [0.2, 0.25) is 0 Å². The van der Waals surface area contributed by atoms with Gasteiger partial charge in [0.05, 0.1) is 5.56 Å². The van der Waals surface area contributed by atoms with Crippen LogP contribution in [0, 0.1) is 0 Å². The lowest BCUT2D eigenvalue weighted by Gasteiger charge is -2.12. The van der Waals surface area contributed by atoms with E-state index in [1.807, 2.05) is 0 Å². The number of hydrogen-bond acceptors (Lipinski definition) is 6. The highest BCUT2D eigenvalue weighted by Gasteiger charge is 2.22. The Labute approximate surface area is 126 Å². The molecule has 2 aromatic rings. The van der Waals surface area contributed by atoms with Crippen LogP contribution in [0.3, 0.4) is 0 Å². The molecule has 0 aromatic heterocycles. The molecule has 2 N–H and O–H groups in total. The van der Waals surface area contributed by atoms with Crippen LogP contribution in [-0.2, 0) is 10.4 Å². The minimum atomic E-state index is -4.87. The Hall–Kier alpha value is -2.42. The molecule has 0 spiro atoms. The SMILES string of the molecule is O=C(c1ccccc1)c1cccc(OCO)c1OS(=O)(=O)O. The highest BCUT2D eigenvalue weighted by Crippen LogP contribution is 2.33. The summed E-state index contributed by atoms with van der Waals surface area (Å²) in [6.07, 6.45) is 0. The quantitative estimate of drug-likeness (QED) is 0.470. The van der Waals surface area contributed by atoms with Crippen LogP contribution in [0.25, 0.3) is 0 Å². The van der Waals surface area contributed by atoms with E-state index >= 15 is 0 Å². The maximum atomic E-state index is 12.4. The second kappa shape index (κ2) is 6.56. The molecule has 0 unspecified atom stereocenters. The smallest absolute Gasteiger partial charge is 0.446 e. The molecule has 2 aromatic carbocycles. The van der Waals surface area contributed by atoms with Crippen molar-refractivity contribution < 1.29 is 31.8 Å². The highest BCUT2D eigenvalue weighted by molar-refractivity contribution is 7.81. The molecule has 0 saturated carbocycles. The molecule has 7 nitrogen and oxygen atoms in total. The van der Waals surface area contributed by atoms with Gasteiger partial charge in [0.25, 0.3) is 0 Å². The maximum absolute atomic E-state index is 12.4. The molecular weight excluding hydrogens is 312 g/mol. The second-order valence-corrected chi connectivity index (χ2v) is 5.13. The summed E-state index contributed by atoms with van der Waals surface area (Å²) >= 11 is 0. The lowest BCUT2D eigenvalue weighted by molar-refractivity contribution is 0.0951. The zero-order valence-corrected chi connectivity index (χ0v) is 12.0. The van der Waals surface area contributed by atoms with Crippen molar-refractivity contribution in [2.24, 2.45) is 0 Å². The zero-order chi connectivity index (χ0) is 16.2. The van der Waals surface area contributed by atoms with E-state index in [2.05, 4.69) is 4.18 Å². The van der Waals surface area contributed by atoms with Crippen LogP contribution in [0.1, 0.15) is 15.9 Å². The molecule has 0 bridgehead atoms. The van der Waals surface area contributed by atoms with E-state index in [1.54, 1.807) is 30.3 Å². The van der Waals surface area contributed by atoms with E-state index in [-0.39, 0.29) is 11.3 Å². The fourth-order valence-corrected chi connectivity index (χ4v) is 2.20. The van der Waals surface area contributed by atoms with Crippen LogP contribution in [0.4, 0.5) is 0 Å². The van der Waals surface area contributed by atoms with Crippen LogP contribution in [-0.4, -0.2) is 30.7 Å². The third-order valence-electron chi connectivity index (χ3n) is 2.67. The Bertz CT molecular complexity index is 769. The molecule has 0 fully saturated rings. The molecule has 0 aliphatic rings. The highest BCUT2D eigenvalue weighted by atomic mass is 32.3. The van der Waals surface area contributed by atoms with E-state index < -0.39 is 28.7 Å². The third-order valence-corrected chi connectivity index (χ3v) is 3.05. The first-order chi connectivity index (χ1) is 10.4. The number of benzene rings is 2. The average Bonchev–Trinajstić information content (AvgIpc) is 2.48. The Kier molecular flexibility index (Phi) is 4.76. The first kappa shape index (κ1) is 16.0. The summed E-state index contributed by atoms with van der Waals surface area (Å²) in [6.45, 7) is -0.759. The number of ketones is 1. The van der Waals surface area contributed by atoms with Crippen molar-refractivity contribution in [3.05, 3.63) is 59.7 Å². The van der Waals surface area contributed by atoms with Crippen molar-refractivity contribution in [3.8, 4) is 11.5 Å². The topological polar surface area (TPSA) is 110 Å². The predicted molar refractivity (Wildman–Crippen MR) is 76.2 cm³/mol. The van der Waals surface area contributed by atoms with Gasteiger partial charge in [-0.1, -0.05) is 36.4 Å². The second-order valence-electron chi connectivity index (χ2n) is 4.11. The van der Waals surface area contributed by atoms with E-state index in [0.717, 1.165) is 0 Å². The number of ether oxygens (including phenoxy) is 1. The van der Waals surface area contributed by atoms with E-state index in [0.29, 0.717) is 5.56 Å². The van der Waals surface area contributed by atoms with Gasteiger partial charge in [-0.25, -0.2) is 0 Å². The van der Waals surface area contributed by atoms with Crippen molar-refractivity contribution in [2.45, 2.75) is 0 Å². The van der Waals surface area contributed by atoms with Gasteiger partial charge in [-0.3, -0.25) is 9.35 Å². The van der Waals surface area contributed by atoms with Gasteiger partial charge >= 0.3 is 10.4 Å². The first-order valence-electron chi connectivity index (χ1n) is 6.05. The summed E-state index contributed by atoms with van der Waals surface area (Å²) in [7, 11) is -4.87. The van der Waals surface area contributed by atoms with E-state index in [1.165, 1.54) is 18.2 Å². The molecule has 8 heteroatoms. The van der Waals surface area contributed by atoms with Gasteiger partial charge in [0.2, 0.25) is 0 Å². The molecule has 0 radical (unpaired) electrons. The van der Waals surface area contributed by atoms with Crippen LogP contribution >= 0.6 is 0 Å². The van der Waals surface area contributed by atoms with Gasteiger partial charge in [-0.15, -0.1) is 0 Å². The lowest BCUT2D eigenvalue weighted by Crippen LogP contribution is -2.13. The summed E-state index contributed by atoms with van der Waals surface area (Å²) in [4.78, 5) is 12.4. The number of para-hydroxylation sites is 1.